The Kier molecular flexibility index (Phi) is 9.17. The summed E-state index contributed by atoms with van der Waals surface area (Å²) in [6.45, 7) is -1.34. The molecule has 0 amide bonds. The molecule has 0 aliphatic carbocycles. The van der Waals surface area contributed by atoms with E-state index < -0.39 is 92.6 Å². The monoisotopic (exact) mass is 614 g/mol. The Labute approximate surface area is 243 Å². The normalized spacial score (nSPS) is 37.7. The predicted molar refractivity (Wildman–Crippen MR) is 138 cm³/mol. The molecule has 3 aliphatic heterocycles. The second-order valence-electron chi connectivity index (χ2n) is 10.6. The molecule has 5 unspecified atom stereocenters. The van der Waals surface area contributed by atoms with E-state index in [-0.39, 0.29) is 40.5 Å². The van der Waals surface area contributed by atoms with Gasteiger partial charge in [-0.3, -0.25) is 0 Å². The summed E-state index contributed by atoms with van der Waals surface area (Å²) >= 11 is 0. The van der Waals surface area contributed by atoms with Gasteiger partial charge in [0, 0.05) is 24.1 Å². The van der Waals surface area contributed by atoms with Gasteiger partial charge < -0.3 is 79.9 Å². The maximum absolute atomic E-state index is 11.0. The molecule has 2 saturated heterocycles. The summed E-state index contributed by atoms with van der Waals surface area (Å²) in [5.41, 5.74) is 0.543. The van der Waals surface area contributed by atoms with Crippen molar-refractivity contribution in [2.45, 2.75) is 80.0 Å². The first-order valence-corrected chi connectivity index (χ1v) is 13.4. The standard InChI is InChI=1S/C27H34O16/c28-7-17-19(33)21(35)23(37)26(42-17)40-14-2-1-9(3-12(14)31)25-13(32)6-11-15(39-25)4-10(30)5-16(11)41-27-24(38)22(36)20(34)18(8-29)43-27/h1-5,13,17-38H,6-8H2/t13-,17?,18?,19+,20+,21?,22-,23?,24?,25+,26+,27+/m0/s1. The fraction of sp³-hybridized carbons (Fsp3) is 0.556. The van der Waals surface area contributed by atoms with Crippen LogP contribution in [-0.2, 0) is 15.9 Å². The second kappa shape index (κ2) is 12.5. The lowest BCUT2D eigenvalue weighted by Gasteiger charge is -2.40. The van der Waals surface area contributed by atoms with Crippen molar-refractivity contribution < 1.29 is 79.9 Å². The number of rotatable bonds is 7. The quantitative estimate of drug-likeness (QED) is 0.144. The summed E-state index contributed by atoms with van der Waals surface area (Å²) in [6, 6.07) is 6.37. The maximum Gasteiger partial charge on any atom is 0.229 e. The van der Waals surface area contributed by atoms with Crippen molar-refractivity contribution in [3.8, 4) is 28.7 Å². The van der Waals surface area contributed by atoms with E-state index in [0.29, 0.717) is 0 Å². The van der Waals surface area contributed by atoms with E-state index in [1.165, 1.54) is 30.3 Å². The van der Waals surface area contributed by atoms with E-state index in [1.54, 1.807) is 0 Å². The molecule has 3 aliphatic rings. The fourth-order valence-electron chi connectivity index (χ4n) is 5.23. The maximum atomic E-state index is 11.0. The Morgan fingerprint density at radius 2 is 1.23 bits per heavy atom. The number of benzene rings is 2. The topological polar surface area (TPSA) is 269 Å². The molecule has 2 aromatic rings. The van der Waals surface area contributed by atoms with Crippen LogP contribution in [0.1, 0.15) is 17.2 Å². The van der Waals surface area contributed by atoms with Crippen LogP contribution in [0, 0.1) is 0 Å². The van der Waals surface area contributed by atoms with Crippen molar-refractivity contribution in [2.24, 2.45) is 0 Å². The number of hydrogen-bond donors (Lipinski definition) is 11. The van der Waals surface area contributed by atoms with E-state index in [1.807, 2.05) is 0 Å². The number of aromatic hydroxyl groups is 2. The smallest absolute Gasteiger partial charge is 0.229 e. The molecule has 5 rings (SSSR count). The van der Waals surface area contributed by atoms with Crippen LogP contribution in [0.4, 0.5) is 0 Å². The molecule has 0 aromatic heterocycles. The largest absolute Gasteiger partial charge is 0.508 e. The summed E-state index contributed by atoms with van der Waals surface area (Å²) in [5, 5.41) is 111. The number of phenols is 2. The molecule has 3 heterocycles. The summed E-state index contributed by atoms with van der Waals surface area (Å²) in [4.78, 5) is 0. The second-order valence-corrected chi connectivity index (χ2v) is 10.6. The van der Waals surface area contributed by atoms with Crippen molar-refractivity contribution in [3.05, 3.63) is 41.5 Å². The van der Waals surface area contributed by atoms with Crippen LogP contribution >= 0.6 is 0 Å². The molecular weight excluding hydrogens is 580 g/mol. The van der Waals surface area contributed by atoms with Gasteiger partial charge in [-0.25, -0.2) is 0 Å². The van der Waals surface area contributed by atoms with Crippen LogP contribution in [0.2, 0.25) is 0 Å². The minimum atomic E-state index is -1.72. The molecular formula is C27H34O16. The zero-order valence-electron chi connectivity index (χ0n) is 22.4. The van der Waals surface area contributed by atoms with Gasteiger partial charge in [0.15, 0.2) is 11.5 Å². The van der Waals surface area contributed by atoms with Gasteiger partial charge in [-0.1, -0.05) is 6.07 Å². The van der Waals surface area contributed by atoms with E-state index in [2.05, 4.69) is 0 Å². The molecule has 0 spiro atoms. The van der Waals surface area contributed by atoms with Gasteiger partial charge in [-0.15, -0.1) is 0 Å². The van der Waals surface area contributed by atoms with Crippen LogP contribution in [0.5, 0.6) is 28.7 Å². The summed E-state index contributed by atoms with van der Waals surface area (Å²) in [6.07, 6.45) is -17.9. The molecule has 238 valence electrons. The number of hydrogen-bond acceptors (Lipinski definition) is 16. The number of aliphatic hydroxyl groups excluding tert-OH is 9. The number of fused-ring (bicyclic) bond motifs is 1. The van der Waals surface area contributed by atoms with Gasteiger partial charge in [0.25, 0.3) is 0 Å². The lowest BCUT2D eigenvalue weighted by atomic mass is 9.93. The Morgan fingerprint density at radius 1 is 0.674 bits per heavy atom. The third-order valence-corrected chi connectivity index (χ3v) is 7.66. The molecule has 0 bridgehead atoms. The highest BCUT2D eigenvalue weighted by molar-refractivity contribution is 5.53. The highest BCUT2D eigenvalue weighted by atomic mass is 16.7. The average molecular weight is 615 g/mol. The molecule has 12 atom stereocenters. The van der Waals surface area contributed by atoms with Crippen molar-refractivity contribution in [2.75, 3.05) is 13.2 Å². The van der Waals surface area contributed by atoms with Crippen LogP contribution in [0.3, 0.4) is 0 Å². The van der Waals surface area contributed by atoms with Crippen molar-refractivity contribution >= 4 is 0 Å². The molecule has 2 fully saturated rings. The Morgan fingerprint density at radius 3 is 1.77 bits per heavy atom. The SMILES string of the molecule is OCC1O[C@@H](Oc2ccc([C@H]3Oc4cc(O)cc(O[C@@H]5OC(CO)[C@@H](O)[C@H](O)C5O)c4C[C@@H]3O)cc2O)C(O)C(O)[C@@H]1O. The van der Waals surface area contributed by atoms with Gasteiger partial charge in [0.1, 0.15) is 72.2 Å². The van der Waals surface area contributed by atoms with Gasteiger partial charge in [-0.05, 0) is 17.7 Å². The molecule has 16 nitrogen and oxygen atoms in total. The fourth-order valence-corrected chi connectivity index (χ4v) is 5.23. The van der Waals surface area contributed by atoms with E-state index in [0.717, 1.165) is 0 Å². The van der Waals surface area contributed by atoms with Crippen LogP contribution in [0.25, 0.3) is 0 Å². The Hall–Kier alpha value is -3.00. The summed E-state index contributed by atoms with van der Waals surface area (Å²) in [7, 11) is 0. The van der Waals surface area contributed by atoms with Crippen LogP contribution in [0.15, 0.2) is 30.3 Å². The first kappa shape index (κ1) is 31.4. The zero-order valence-corrected chi connectivity index (χ0v) is 22.4. The molecule has 43 heavy (non-hydrogen) atoms. The lowest BCUT2D eigenvalue weighted by molar-refractivity contribution is -0.277. The highest BCUT2D eigenvalue weighted by Crippen LogP contribution is 2.44. The zero-order chi connectivity index (χ0) is 31.2. The first-order valence-electron chi connectivity index (χ1n) is 13.4. The van der Waals surface area contributed by atoms with Crippen LogP contribution in [-0.4, -0.2) is 137 Å². The predicted octanol–water partition coefficient (Wildman–Crippen LogP) is -3.51. The molecule has 2 aromatic carbocycles. The van der Waals surface area contributed by atoms with Gasteiger partial charge in [-0.2, -0.15) is 0 Å². The van der Waals surface area contributed by atoms with Crippen molar-refractivity contribution in [1.82, 2.24) is 0 Å². The molecule has 0 saturated carbocycles. The number of phenolic OH excluding ortho intramolecular Hbond substituents is 2. The third-order valence-electron chi connectivity index (χ3n) is 7.66. The summed E-state index contributed by atoms with van der Waals surface area (Å²) in [5.74, 6) is -0.955. The third kappa shape index (κ3) is 6.04. The average Bonchev–Trinajstić information content (AvgIpc) is 2.98. The summed E-state index contributed by atoms with van der Waals surface area (Å²) < 4.78 is 27.8. The Balaban J connectivity index is 1.33. The molecule has 0 radical (unpaired) electrons. The first-order chi connectivity index (χ1) is 20.4. The van der Waals surface area contributed by atoms with E-state index in [4.69, 9.17) is 23.7 Å². The Bertz CT molecular complexity index is 1270. The van der Waals surface area contributed by atoms with Gasteiger partial charge in [0.05, 0.1) is 19.3 Å². The van der Waals surface area contributed by atoms with Crippen molar-refractivity contribution in [3.63, 3.8) is 0 Å². The molecule has 16 heteroatoms. The van der Waals surface area contributed by atoms with Crippen molar-refractivity contribution in [1.29, 1.82) is 0 Å². The number of aliphatic hydroxyl groups is 9. The van der Waals surface area contributed by atoms with Gasteiger partial charge >= 0.3 is 0 Å². The minimum Gasteiger partial charge on any atom is -0.508 e. The minimum absolute atomic E-state index is 0.0667. The van der Waals surface area contributed by atoms with E-state index >= 15 is 0 Å². The highest BCUT2D eigenvalue weighted by Gasteiger charge is 2.46. The van der Waals surface area contributed by atoms with Crippen LogP contribution < -0.4 is 14.2 Å². The lowest BCUT2D eigenvalue weighted by Crippen LogP contribution is -2.60. The molecule has 11 N–H and O–H groups in total. The van der Waals surface area contributed by atoms with E-state index in [9.17, 15) is 56.2 Å². The number of ether oxygens (including phenoxy) is 5. The van der Waals surface area contributed by atoms with Gasteiger partial charge in [0.2, 0.25) is 12.6 Å².